The Morgan fingerprint density at radius 1 is 1.13 bits per heavy atom. The van der Waals surface area contributed by atoms with Crippen molar-refractivity contribution in [2.75, 3.05) is 18.5 Å². The van der Waals surface area contributed by atoms with Gasteiger partial charge in [-0.1, -0.05) is 13.8 Å². The Labute approximate surface area is 171 Å². The van der Waals surface area contributed by atoms with Crippen LogP contribution >= 0.6 is 0 Å². The highest BCUT2D eigenvalue weighted by atomic mass is 32.2. The van der Waals surface area contributed by atoms with Crippen molar-refractivity contribution in [3.8, 4) is 0 Å². The molecule has 1 aromatic carbocycles. The Balaban J connectivity index is 1.69. The van der Waals surface area contributed by atoms with Crippen LogP contribution in [0.5, 0.6) is 0 Å². The molecule has 1 amide bonds. The normalized spacial score (nSPS) is 19.5. The minimum Gasteiger partial charge on any atom is -0.315 e. The molecule has 30 heavy (non-hydrogen) atoms. The van der Waals surface area contributed by atoms with Crippen LogP contribution in [0.4, 0.5) is 18.9 Å². The van der Waals surface area contributed by atoms with Gasteiger partial charge < -0.3 is 9.47 Å². The molecule has 0 N–H and O–H groups in total. The second-order valence-corrected chi connectivity index (χ2v) is 10.1. The lowest BCUT2D eigenvalue weighted by Crippen LogP contribution is -2.41. The zero-order chi connectivity index (χ0) is 22.1. The number of hydrogen-bond acceptors (Lipinski definition) is 5. The summed E-state index contributed by atoms with van der Waals surface area (Å²) in [5, 5.41) is 6.71. The van der Waals surface area contributed by atoms with Crippen LogP contribution in [0.15, 0.2) is 23.1 Å². The molecule has 8 nitrogen and oxygen atoms in total. The monoisotopic (exact) mass is 443 g/mol. The predicted octanol–water partition coefficient (Wildman–Crippen LogP) is 2.15. The Hall–Kier alpha value is -2.47. The number of carbonyl (C=O) groups is 1. The molecule has 2 aliphatic rings. The second kappa shape index (κ2) is 6.51. The van der Waals surface area contributed by atoms with Gasteiger partial charge in [-0.15, -0.1) is 10.2 Å². The molecule has 3 heterocycles. The predicted molar refractivity (Wildman–Crippen MR) is 100 cm³/mol. The van der Waals surface area contributed by atoms with Crippen molar-refractivity contribution in [2.24, 2.45) is 0 Å². The van der Waals surface area contributed by atoms with E-state index >= 15 is 0 Å². The van der Waals surface area contributed by atoms with Crippen molar-refractivity contribution in [3.05, 3.63) is 35.4 Å². The molecule has 12 heteroatoms. The molecule has 0 saturated heterocycles. The van der Waals surface area contributed by atoms with Gasteiger partial charge in [-0.05, 0) is 23.8 Å². The van der Waals surface area contributed by atoms with Crippen LogP contribution in [0.25, 0.3) is 0 Å². The minimum absolute atomic E-state index is 0.0288. The topological polar surface area (TPSA) is 88.4 Å². The number of hydrogen-bond donors (Lipinski definition) is 0. The van der Waals surface area contributed by atoms with E-state index in [9.17, 15) is 26.4 Å². The number of amides is 1. The van der Waals surface area contributed by atoms with Crippen LogP contribution in [0.1, 0.15) is 37.5 Å². The van der Waals surface area contributed by atoms with E-state index in [0.717, 1.165) is 14.4 Å². The van der Waals surface area contributed by atoms with Gasteiger partial charge in [0.05, 0.1) is 11.4 Å². The maximum absolute atomic E-state index is 13.2. The zero-order valence-corrected chi connectivity index (χ0v) is 17.4. The van der Waals surface area contributed by atoms with Crippen LogP contribution in [0.3, 0.4) is 0 Å². The standard InChI is InChI=1S/C18H20F3N5O3S/c1-17(2)9-15(27)24(3)13-5-4-11(8-12(13)17)30(28,29)25-6-7-26-14(10-25)22-23-16(26)18(19,20)21/h4-5,8H,6-7,9-10H2,1-3H3. The molecule has 0 saturated carbocycles. The highest BCUT2D eigenvalue weighted by molar-refractivity contribution is 7.89. The highest BCUT2D eigenvalue weighted by Crippen LogP contribution is 2.41. The van der Waals surface area contributed by atoms with Crippen molar-refractivity contribution in [2.45, 2.75) is 49.8 Å². The Morgan fingerprint density at radius 3 is 2.50 bits per heavy atom. The van der Waals surface area contributed by atoms with Crippen molar-refractivity contribution in [3.63, 3.8) is 0 Å². The molecule has 2 aromatic rings. The van der Waals surface area contributed by atoms with Gasteiger partial charge in [0.15, 0.2) is 0 Å². The molecule has 0 atom stereocenters. The quantitative estimate of drug-likeness (QED) is 0.710. The summed E-state index contributed by atoms with van der Waals surface area (Å²) in [7, 11) is -2.34. The van der Waals surface area contributed by atoms with Crippen molar-refractivity contribution >= 4 is 21.6 Å². The fraction of sp³-hybridized carbons (Fsp3) is 0.500. The first-order valence-electron chi connectivity index (χ1n) is 9.23. The maximum Gasteiger partial charge on any atom is 0.451 e. The molecule has 0 aliphatic carbocycles. The van der Waals surface area contributed by atoms with Gasteiger partial charge in [0.1, 0.15) is 5.82 Å². The first kappa shape index (κ1) is 20.8. The molecular weight excluding hydrogens is 423 g/mol. The summed E-state index contributed by atoms with van der Waals surface area (Å²) in [6.45, 7) is 3.12. The lowest BCUT2D eigenvalue weighted by molar-refractivity contribution is -0.147. The zero-order valence-electron chi connectivity index (χ0n) is 16.6. The first-order chi connectivity index (χ1) is 13.8. The van der Waals surface area contributed by atoms with E-state index in [1.807, 2.05) is 13.8 Å². The van der Waals surface area contributed by atoms with Crippen molar-refractivity contribution in [1.82, 2.24) is 19.1 Å². The molecule has 1 aromatic heterocycles. The number of aromatic nitrogens is 3. The highest BCUT2D eigenvalue weighted by Gasteiger charge is 2.41. The summed E-state index contributed by atoms with van der Waals surface area (Å²) in [6, 6.07) is 4.56. The molecule has 0 unspecified atom stereocenters. The summed E-state index contributed by atoms with van der Waals surface area (Å²) in [5.74, 6) is -1.24. The van der Waals surface area contributed by atoms with E-state index in [2.05, 4.69) is 10.2 Å². The number of carbonyl (C=O) groups excluding carboxylic acids is 1. The number of anilines is 1. The third kappa shape index (κ3) is 3.18. The number of nitrogens with zero attached hydrogens (tertiary/aromatic N) is 5. The van der Waals surface area contributed by atoms with Gasteiger partial charge in [-0.2, -0.15) is 17.5 Å². The van der Waals surface area contributed by atoms with Gasteiger partial charge in [0, 0.05) is 37.7 Å². The molecule has 0 radical (unpaired) electrons. The van der Waals surface area contributed by atoms with Gasteiger partial charge in [0.25, 0.3) is 0 Å². The lowest BCUT2D eigenvalue weighted by Gasteiger charge is -2.37. The maximum atomic E-state index is 13.2. The van der Waals surface area contributed by atoms with Crippen LogP contribution < -0.4 is 4.90 Å². The second-order valence-electron chi connectivity index (χ2n) is 8.12. The SMILES string of the molecule is CN1C(=O)CC(C)(C)c2cc(S(=O)(=O)N3CCn4c(nnc4C(F)(F)F)C3)ccc21. The van der Waals surface area contributed by atoms with Crippen LogP contribution in [0.2, 0.25) is 0 Å². The third-order valence-electron chi connectivity index (χ3n) is 5.64. The molecule has 0 spiro atoms. The summed E-state index contributed by atoms with van der Waals surface area (Å²) >= 11 is 0. The van der Waals surface area contributed by atoms with E-state index in [4.69, 9.17) is 0 Å². The number of halogens is 3. The number of alkyl halides is 3. The van der Waals surface area contributed by atoms with Gasteiger partial charge in [0.2, 0.25) is 21.8 Å². The summed E-state index contributed by atoms with van der Waals surface area (Å²) in [6.07, 6.45) is -4.41. The third-order valence-corrected chi connectivity index (χ3v) is 7.48. The molecule has 0 bridgehead atoms. The summed E-state index contributed by atoms with van der Waals surface area (Å²) in [5.41, 5.74) is 0.822. The largest absolute Gasteiger partial charge is 0.451 e. The summed E-state index contributed by atoms with van der Waals surface area (Å²) < 4.78 is 67.5. The Bertz CT molecular complexity index is 1140. The van der Waals surface area contributed by atoms with E-state index in [-0.39, 0.29) is 42.7 Å². The fourth-order valence-corrected chi connectivity index (χ4v) is 5.35. The average Bonchev–Trinajstić information content (AvgIpc) is 3.09. The number of benzene rings is 1. The van der Waals surface area contributed by atoms with Crippen LogP contribution in [-0.4, -0.2) is 47.0 Å². The summed E-state index contributed by atoms with van der Waals surface area (Å²) in [4.78, 5) is 13.7. The van der Waals surface area contributed by atoms with E-state index in [0.29, 0.717) is 5.69 Å². The first-order valence-corrected chi connectivity index (χ1v) is 10.7. The molecule has 4 rings (SSSR count). The van der Waals surface area contributed by atoms with Gasteiger partial charge in [-0.25, -0.2) is 8.42 Å². The minimum atomic E-state index is -4.65. The molecule has 2 aliphatic heterocycles. The van der Waals surface area contributed by atoms with Gasteiger partial charge in [-0.3, -0.25) is 4.79 Å². The van der Waals surface area contributed by atoms with Crippen LogP contribution in [0, 0.1) is 0 Å². The fourth-order valence-electron chi connectivity index (χ4n) is 3.94. The smallest absolute Gasteiger partial charge is 0.315 e. The molecule has 162 valence electrons. The number of rotatable bonds is 2. The van der Waals surface area contributed by atoms with E-state index in [1.54, 1.807) is 19.2 Å². The molecule has 0 fully saturated rings. The number of sulfonamides is 1. The Kier molecular flexibility index (Phi) is 4.51. The molecular formula is C18H20F3N5O3S. The van der Waals surface area contributed by atoms with Crippen LogP contribution in [-0.2, 0) is 39.5 Å². The van der Waals surface area contributed by atoms with Crippen molar-refractivity contribution in [1.29, 1.82) is 0 Å². The van der Waals surface area contributed by atoms with E-state index in [1.165, 1.54) is 11.0 Å². The van der Waals surface area contributed by atoms with Gasteiger partial charge >= 0.3 is 6.18 Å². The van der Waals surface area contributed by atoms with Crippen molar-refractivity contribution < 1.29 is 26.4 Å². The lowest BCUT2D eigenvalue weighted by atomic mass is 9.77. The average molecular weight is 443 g/mol. The Morgan fingerprint density at radius 2 is 1.83 bits per heavy atom. The number of fused-ring (bicyclic) bond motifs is 2. The van der Waals surface area contributed by atoms with E-state index < -0.39 is 27.4 Å².